The first kappa shape index (κ1) is 26.0. The van der Waals surface area contributed by atoms with E-state index in [1.54, 1.807) is 0 Å². The zero-order valence-corrected chi connectivity index (χ0v) is 20.8. The van der Waals surface area contributed by atoms with E-state index in [1.807, 2.05) is 0 Å². The molecule has 0 N–H and O–H groups in total. The molecule has 0 atom stereocenters. The van der Waals surface area contributed by atoms with Crippen LogP contribution >= 0.6 is 0 Å². The molecule has 0 heterocycles. The SMILES string of the molecule is CCC[C@H]1CC[C@H]([C@H]2CC[C@H](CCCOc3ccc(-c4cccc(F)c4F)c(F)c3F)CC2)CC1. The Labute approximate surface area is 207 Å². The largest absolute Gasteiger partial charge is 0.490 e. The predicted molar refractivity (Wildman–Crippen MR) is 132 cm³/mol. The van der Waals surface area contributed by atoms with Crippen LogP contribution in [0.2, 0.25) is 0 Å². The minimum absolute atomic E-state index is 0.189. The number of benzene rings is 2. The van der Waals surface area contributed by atoms with Gasteiger partial charge in [0.15, 0.2) is 23.2 Å². The lowest BCUT2D eigenvalue weighted by Crippen LogP contribution is -2.26. The lowest BCUT2D eigenvalue weighted by molar-refractivity contribution is 0.138. The summed E-state index contributed by atoms with van der Waals surface area (Å²) in [5, 5.41) is 0. The van der Waals surface area contributed by atoms with Gasteiger partial charge in [0.05, 0.1) is 6.61 Å². The third-order valence-electron chi connectivity index (χ3n) is 8.45. The highest BCUT2D eigenvalue weighted by Gasteiger charge is 2.30. The molecular weight excluding hydrogens is 452 g/mol. The molecule has 0 aromatic heterocycles. The van der Waals surface area contributed by atoms with Crippen molar-refractivity contribution in [1.29, 1.82) is 0 Å². The summed E-state index contributed by atoms with van der Waals surface area (Å²) >= 11 is 0. The molecule has 0 saturated heterocycles. The van der Waals surface area contributed by atoms with Crippen LogP contribution in [-0.4, -0.2) is 6.61 Å². The Morgan fingerprint density at radius 3 is 1.91 bits per heavy atom. The molecule has 0 radical (unpaired) electrons. The van der Waals surface area contributed by atoms with Crippen molar-refractivity contribution in [2.75, 3.05) is 6.61 Å². The third kappa shape index (κ3) is 6.40. The van der Waals surface area contributed by atoms with Gasteiger partial charge in [0.1, 0.15) is 0 Å². The summed E-state index contributed by atoms with van der Waals surface area (Å²) in [6.07, 6.45) is 15.4. The van der Waals surface area contributed by atoms with Gasteiger partial charge in [-0.1, -0.05) is 57.6 Å². The highest BCUT2D eigenvalue weighted by atomic mass is 19.2. The summed E-state index contributed by atoms with van der Waals surface area (Å²) in [5.74, 6) is -1.41. The van der Waals surface area contributed by atoms with Crippen LogP contribution in [0.15, 0.2) is 30.3 Å². The molecule has 2 aliphatic carbocycles. The zero-order valence-electron chi connectivity index (χ0n) is 20.8. The second-order valence-electron chi connectivity index (χ2n) is 10.7. The van der Waals surface area contributed by atoms with Crippen molar-refractivity contribution in [3.8, 4) is 16.9 Å². The van der Waals surface area contributed by atoms with E-state index in [4.69, 9.17) is 4.74 Å². The van der Waals surface area contributed by atoms with Gasteiger partial charge in [-0.3, -0.25) is 0 Å². The molecule has 0 unspecified atom stereocenters. The van der Waals surface area contributed by atoms with E-state index in [9.17, 15) is 17.6 Å². The van der Waals surface area contributed by atoms with Crippen LogP contribution < -0.4 is 4.74 Å². The first-order valence-corrected chi connectivity index (χ1v) is 13.5. The second-order valence-corrected chi connectivity index (χ2v) is 10.7. The average Bonchev–Trinajstić information content (AvgIpc) is 2.87. The van der Waals surface area contributed by atoms with Gasteiger partial charge in [0.2, 0.25) is 5.82 Å². The zero-order chi connectivity index (χ0) is 24.8. The Kier molecular flexibility index (Phi) is 9.13. The number of rotatable bonds is 9. The maximum atomic E-state index is 14.6. The molecule has 1 nitrogen and oxygen atoms in total. The summed E-state index contributed by atoms with van der Waals surface area (Å²) in [4.78, 5) is 0. The molecule has 2 aliphatic rings. The lowest BCUT2D eigenvalue weighted by Gasteiger charge is -2.38. The summed E-state index contributed by atoms with van der Waals surface area (Å²) < 4.78 is 62.1. The molecule has 192 valence electrons. The third-order valence-corrected chi connectivity index (χ3v) is 8.45. The van der Waals surface area contributed by atoms with Gasteiger partial charge in [-0.15, -0.1) is 0 Å². The monoisotopic (exact) mass is 490 g/mol. The quantitative estimate of drug-likeness (QED) is 0.251. The standard InChI is InChI=1S/C30H38F4O/c1-2-5-20-9-13-22(14-10-20)23-15-11-21(12-16-23)6-4-19-35-27-18-17-25(29(33)30(27)34)24-7-3-8-26(31)28(24)32/h3,7-8,17-18,20-23H,2,4-6,9-16,19H2,1H3/t20-,21-,22-,23-. The fourth-order valence-corrected chi connectivity index (χ4v) is 6.42. The maximum Gasteiger partial charge on any atom is 0.201 e. The average molecular weight is 491 g/mol. The van der Waals surface area contributed by atoms with Crippen molar-refractivity contribution in [2.45, 2.75) is 84.0 Å². The van der Waals surface area contributed by atoms with Crippen molar-refractivity contribution in [2.24, 2.45) is 23.7 Å². The number of hydrogen-bond donors (Lipinski definition) is 0. The molecule has 0 amide bonds. The molecule has 2 fully saturated rings. The Morgan fingerprint density at radius 1 is 0.686 bits per heavy atom. The first-order valence-electron chi connectivity index (χ1n) is 13.5. The first-order chi connectivity index (χ1) is 17.0. The maximum absolute atomic E-state index is 14.6. The van der Waals surface area contributed by atoms with E-state index < -0.39 is 23.3 Å². The van der Waals surface area contributed by atoms with E-state index in [-0.39, 0.29) is 16.9 Å². The highest BCUT2D eigenvalue weighted by Crippen LogP contribution is 2.43. The fraction of sp³-hybridized carbons (Fsp3) is 0.600. The highest BCUT2D eigenvalue weighted by molar-refractivity contribution is 5.66. The topological polar surface area (TPSA) is 9.23 Å². The molecule has 0 aliphatic heterocycles. The Morgan fingerprint density at radius 2 is 1.29 bits per heavy atom. The van der Waals surface area contributed by atoms with Gasteiger partial charge < -0.3 is 4.74 Å². The summed E-state index contributed by atoms with van der Waals surface area (Å²) in [7, 11) is 0. The van der Waals surface area contributed by atoms with Gasteiger partial charge in [0, 0.05) is 11.1 Å². The van der Waals surface area contributed by atoms with Crippen LogP contribution in [0.5, 0.6) is 5.75 Å². The molecule has 0 spiro atoms. The summed E-state index contributed by atoms with van der Waals surface area (Å²) in [6.45, 7) is 2.60. The number of ether oxygens (including phenoxy) is 1. The van der Waals surface area contributed by atoms with Crippen molar-refractivity contribution < 1.29 is 22.3 Å². The molecule has 2 aromatic carbocycles. The van der Waals surface area contributed by atoms with Gasteiger partial charge in [-0.05, 0) is 80.4 Å². The molecule has 4 rings (SSSR count). The van der Waals surface area contributed by atoms with E-state index in [0.29, 0.717) is 12.5 Å². The van der Waals surface area contributed by atoms with E-state index in [1.165, 1.54) is 88.5 Å². The molecular formula is C30H38F4O. The van der Waals surface area contributed by atoms with Gasteiger partial charge >= 0.3 is 0 Å². The van der Waals surface area contributed by atoms with E-state index in [0.717, 1.165) is 36.7 Å². The van der Waals surface area contributed by atoms with Crippen LogP contribution in [0.4, 0.5) is 17.6 Å². The summed E-state index contributed by atoms with van der Waals surface area (Å²) in [5.41, 5.74) is -0.625. The molecule has 35 heavy (non-hydrogen) atoms. The lowest BCUT2D eigenvalue weighted by atomic mass is 9.68. The van der Waals surface area contributed by atoms with Crippen molar-refractivity contribution in [3.63, 3.8) is 0 Å². The van der Waals surface area contributed by atoms with Gasteiger partial charge in [-0.25, -0.2) is 13.2 Å². The van der Waals surface area contributed by atoms with E-state index >= 15 is 0 Å². The van der Waals surface area contributed by atoms with Crippen LogP contribution in [-0.2, 0) is 0 Å². The predicted octanol–water partition coefficient (Wildman–Crippen LogP) is 9.48. The Balaban J connectivity index is 1.20. The van der Waals surface area contributed by atoms with Crippen LogP contribution in [0, 0.1) is 46.9 Å². The smallest absolute Gasteiger partial charge is 0.201 e. The fourth-order valence-electron chi connectivity index (χ4n) is 6.42. The van der Waals surface area contributed by atoms with Gasteiger partial charge in [0.25, 0.3) is 0 Å². The van der Waals surface area contributed by atoms with Gasteiger partial charge in [-0.2, -0.15) is 4.39 Å². The Bertz CT molecular complexity index is 959. The molecule has 0 bridgehead atoms. The van der Waals surface area contributed by atoms with Crippen LogP contribution in [0.25, 0.3) is 11.1 Å². The number of hydrogen-bond acceptors (Lipinski definition) is 1. The van der Waals surface area contributed by atoms with Crippen molar-refractivity contribution >= 4 is 0 Å². The minimum atomic E-state index is -1.23. The second kappa shape index (κ2) is 12.3. The Hall–Kier alpha value is -2.04. The van der Waals surface area contributed by atoms with Crippen LogP contribution in [0.1, 0.15) is 84.0 Å². The van der Waals surface area contributed by atoms with Crippen molar-refractivity contribution in [1.82, 2.24) is 0 Å². The molecule has 5 heteroatoms. The number of halogens is 4. The normalized spacial score (nSPS) is 24.9. The van der Waals surface area contributed by atoms with Crippen LogP contribution in [0.3, 0.4) is 0 Å². The van der Waals surface area contributed by atoms with Crippen molar-refractivity contribution in [3.05, 3.63) is 53.6 Å². The minimum Gasteiger partial charge on any atom is -0.490 e. The summed E-state index contributed by atoms with van der Waals surface area (Å²) in [6, 6.07) is 5.96. The van der Waals surface area contributed by atoms with E-state index in [2.05, 4.69) is 6.92 Å². The molecule has 2 aromatic rings. The molecule has 2 saturated carbocycles.